The topological polar surface area (TPSA) is 79.4 Å². The van der Waals surface area contributed by atoms with Crippen molar-refractivity contribution in [2.45, 2.75) is 34.6 Å². The van der Waals surface area contributed by atoms with Gasteiger partial charge in [0.15, 0.2) is 0 Å². The van der Waals surface area contributed by atoms with E-state index in [4.69, 9.17) is 0 Å². The number of carbonyl (C=O) groups is 1. The summed E-state index contributed by atoms with van der Waals surface area (Å²) < 4.78 is 27.3. The van der Waals surface area contributed by atoms with Crippen molar-refractivity contribution in [3.8, 4) is 0 Å². The fourth-order valence-electron chi connectivity index (χ4n) is 3.57. The molecule has 160 valence electrons. The van der Waals surface area contributed by atoms with Gasteiger partial charge in [-0.05, 0) is 54.8 Å². The van der Waals surface area contributed by atoms with Crippen molar-refractivity contribution in [3.05, 3.63) is 84.6 Å². The zero-order chi connectivity index (χ0) is 21.7. The average Bonchev–Trinajstić information content (AvgIpc) is 3.31. The van der Waals surface area contributed by atoms with Gasteiger partial charge in [0.1, 0.15) is 6.04 Å². The van der Waals surface area contributed by atoms with E-state index in [1.807, 2.05) is 42.5 Å². The molecule has 4 rings (SSSR count). The summed E-state index contributed by atoms with van der Waals surface area (Å²) in [5, 5.41) is 3.84. The van der Waals surface area contributed by atoms with Crippen LogP contribution in [0.3, 0.4) is 0 Å². The van der Waals surface area contributed by atoms with Crippen molar-refractivity contribution in [2.24, 2.45) is 0 Å². The van der Waals surface area contributed by atoms with Crippen LogP contribution in [0.25, 0.3) is 0 Å². The molecule has 1 atom stereocenters. The number of hydrogen-bond acceptors (Lipinski definition) is 5. The number of amides is 1. The molecular formula is C23H23N3O3S2. The summed E-state index contributed by atoms with van der Waals surface area (Å²) >= 11 is 1.62. The molecule has 1 aliphatic heterocycles. The van der Waals surface area contributed by atoms with Gasteiger partial charge in [-0.25, -0.2) is 13.4 Å². The highest BCUT2D eigenvalue weighted by atomic mass is 32.2. The van der Waals surface area contributed by atoms with Crippen LogP contribution in [0.1, 0.15) is 18.4 Å². The molecule has 31 heavy (non-hydrogen) atoms. The quantitative estimate of drug-likeness (QED) is 0.543. The van der Waals surface area contributed by atoms with Crippen LogP contribution >= 0.6 is 11.8 Å². The van der Waals surface area contributed by atoms with Gasteiger partial charge in [-0.1, -0.05) is 36.4 Å². The Morgan fingerprint density at radius 3 is 2.65 bits per heavy atom. The summed E-state index contributed by atoms with van der Waals surface area (Å²) in [6.07, 6.45) is 2.92. The lowest BCUT2D eigenvalue weighted by atomic mass is 10.2. The van der Waals surface area contributed by atoms with E-state index in [-0.39, 0.29) is 10.8 Å². The molecular weight excluding hydrogens is 430 g/mol. The van der Waals surface area contributed by atoms with E-state index in [9.17, 15) is 13.2 Å². The number of anilines is 1. The third-order valence-corrected chi connectivity index (χ3v) is 8.01. The van der Waals surface area contributed by atoms with Crippen molar-refractivity contribution in [3.63, 3.8) is 0 Å². The molecule has 1 unspecified atom stereocenters. The minimum Gasteiger partial charge on any atom is -0.325 e. The maximum absolute atomic E-state index is 13.0. The molecule has 0 radical (unpaired) electrons. The van der Waals surface area contributed by atoms with Crippen LogP contribution < -0.4 is 5.32 Å². The van der Waals surface area contributed by atoms with Crippen molar-refractivity contribution >= 4 is 33.4 Å². The van der Waals surface area contributed by atoms with Gasteiger partial charge in [-0.3, -0.25) is 4.79 Å². The number of nitrogens with zero attached hydrogens (tertiary/aromatic N) is 2. The minimum absolute atomic E-state index is 0.211. The fraction of sp³-hybridized carbons (Fsp3) is 0.217. The van der Waals surface area contributed by atoms with Crippen LogP contribution in [0.4, 0.5) is 5.69 Å². The molecule has 1 aromatic heterocycles. The Balaban J connectivity index is 1.44. The lowest BCUT2D eigenvalue weighted by molar-refractivity contribution is -0.119. The highest BCUT2D eigenvalue weighted by Gasteiger charge is 2.39. The Morgan fingerprint density at radius 2 is 1.87 bits per heavy atom. The van der Waals surface area contributed by atoms with E-state index >= 15 is 0 Å². The molecule has 1 N–H and O–H groups in total. The second-order valence-electron chi connectivity index (χ2n) is 7.23. The van der Waals surface area contributed by atoms with Gasteiger partial charge >= 0.3 is 0 Å². The van der Waals surface area contributed by atoms with E-state index in [1.54, 1.807) is 48.3 Å². The maximum Gasteiger partial charge on any atom is 0.243 e. The van der Waals surface area contributed by atoms with E-state index < -0.39 is 16.1 Å². The van der Waals surface area contributed by atoms with Crippen molar-refractivity contribution < 1.29 is 13.2 Å². The number of pyridine rings is 1. The van der Waals surface area contributed by atoms with Gasteiger partial charge < -0.3 is 5.32 Å². The number of aromatic nitrogens is 1. The number of rotatable bonds is 7. The predicted molar refractivity (Wildman–Crippen MR) is 122 cm³/mol. The second kappa shape index (κ2) is 9.64. The first kappa shape index (κ1) is 21.5. The molecule has 8 heteroatoms. The molecule has 0 aliphatic carbocycles. The average molecular weight is 454 g/mol. The Morgan fingerprint density at radius 1 is 1.06 bits per heavy atom. The lowest BCUT2D eigenvalue weighted by Gasteiger charge is -2.23. The molecule has 3 aromatic rings. The van der Waals surface area contributed by atoms with Crippen molar-refractivity contribution in [1.29, 1.82) is 0 Å². The Bertz CT molecular complexity index is 1140. The SMILES string of the molecule is O=C(Nc1cccc(CSc2ccccn2)c1)C1CCCN1S(=O)(=O)c1ccccc1. The van der Waals surface area contributed by atoms with E-state index in [1.165, 1.54) is 4.31 Å². The zero-order valence-electron chi connectivity index (χ0n) is 16.8. The summed E-state index contributed by atoms with van der Waals surface area (Å²) in [5.74, 6) is 0.421. The summed E-state index contributed by atoms with van der Waals surface area (Å²) in [4.78, 5) is 17.5. The van der Waals surface area contributed by atoms with Gasteiger partial charge in [0.05, 0.1) is 9.92 Å². The smallest absolute Gasteiger partial charge is 0.243 e. The number of sulfonamides is 1. The summed E-state index contributed by atoms with van der Waals surface area (Å²) in [6, 6.07) is 20.9. The highest BCUT2D eigenvalue weighted by Crippen LogP contribution is 2.27. The van der Waals surface area contributed by atoms with E-state index in [0.717, 1.165) is 16.3 Å². The number of thioether (sulfide) groups is 1. The lowest BCUT2D eigenvalue weighted by Crippen LogP contribution is -2.43. The molecule has 1 fully saturated rings. The summed E-state index contributed by atoms with van der Waals surface area (Å²) in [5.41, 5.74) is 1.71. The van der Waals surface area contributed by atoms with Gasteiger partial charge in [0, 0.05) is 24.2 Å². The van der Waals surface area contributed by atoms with Gasteiger partial charge in [0.25, 0.3) is 0 Å². The van der Waals surface area contributed by atoms with Crippen molar-refractivity contribution in [1.82, 2.24) is 9.29 Å². The molecule has 0 saturated carbocycles. The zero-order valence-corrected chi connectivity index (χ0v) is 18.5. The second-order valence-corrected chi connectivity index (χ2v) is 10.1. The first-order valence-electron chi connectivity index (χ1n) is 10.0. The van der Waals surface area contributed by atoms with Crippen LogP contribution in [0, 0.1) is 0 Å². The molecule has 0 spiro atoms. The Kier molecular flexibility index (Phi) is 6.70. The number of benzene rings is 2. The van der Waals surface area contributed by atoms with Gasteiger partial charge in [-0.2, -0.15) is 4.31 Å². The van der Waals surface area contributed by atoms with Crippen LogP contribution in [0.5, 0.6) is 0 Å². The third-order valence-electron chi connectivity index (χ3n) is 5.08. The summed E-state index contributed by atoms with van der Waals surface area (Å²) in [7, 11) is -3.71. The van der Waals surface area contributed by atoms with Crippen LogP contribution in [0.15, 0.2) is 88.9 Å². The van der Waals surface area contributed by atoms with Gasteiger partial charge in [-0.15, -0.1) is 11.8 Å². The number of hydrogen-bond donors (Lipinski definition) is 1. The largest absolute Gasteiger partial charge is 0.325 e. The van der Waals surface area contributed by atoms with Gasteiger partial charge in [0.2, 0.25) is 15.9 Å². The first-order chi connectivity index (χ1) is 15.0. The van der Waals surface area contributed by atoms with Crippen LogP contribution in [0.2, 0.25) is 0 Å². The fourth-order valence-corrected chi connectivity index (χ4v) is 6.05. The first-order valence-corrected chi connectivity index (χ1v) is 12.5. The number of carbonyl (C=O) groups excluding carboxylic acids is 1. The minimum atomic E-state index is -3.71. The van der Waals surface area contributed by atoms with E-state index in [2.05, 4.69) is 10.3 Å². The van der Waals surface area contributed by atoms with E-state index in [0.29, 0.717) is 25.1 Å². The molecule has 6 nitrogen and oxygen atoms in total. The molecule has 1 amide bonds. The number of nitrogens with one attached hydrogen (secondary N) is 1. The molecule has 0 bridgehead atoms. The maximum atomic E-state index is 13.0. The molecule has 1 saturated heterocycles. The molecule has 2 heterocycles. The van der Waals surface area contributed by atoms with Crippen LogP contribution in [-0.4, -0.2) is 36.2 Å². The summed E-state index contributed by atoms with van der Waals surface area (Å²) in [6.45, 7) is 0.343. The highest BCUT2D eigenvalue weighted by molar-refractivity contribution is 7.98. The standard InChI is InChI=1S/C23H23N3O3S2/c27-23(21-12-7-15-26(21)31(28,29)20-10-2-1-3-11-20)25-19-9-6-8-18(16-19)17-30-22-13-4-5-14-24-22/h1-6,8-11,13-14,16,21H,7,12,15,17H2,(H,25,27). The predicted octanol–water partition coefficient (Wildman–Crippen LogP) is 4.17. The monoisotopic (exact) mass is 453 g/mol. The Labute approximate surface area is 186 Å². The van der Waals surface area contributed by atoms with Crippen molar-refractivity contribution in [2.75, 3.05) is 11.9 Å². The Hall–Kier alpha value is -2.68. The molecule has 2 aromatic carbocycles. The van der Waals surface area contributed by atoms with Crippen LogP contribution in [-0.2, 0) is 20.6 Å². The molecule has 1 aliphatic rings. The third kappa shape index (κ3) is 5.15. The normalized spacial score (nSPS) is 16.8.